The Morgan fingerprint density at radius 3 is 2.53 bits per heavy atom. The van der Waals surface area contributed by atoms with Gasteiger partial charge in [0.05, 0.1) is 12.0 Å². The molecule has 1 heterocycles. The van der Waals surface area contributed by atoms with Crippen LogP contribution in [0.4, 0.5) is 4.79 Å². The number of amides is 1. The zero-order valence-electron chi connectivity index (χ0n) is 9.49. The fourth-order valence-electron chi connectivity index (χ4n) is 1.24. The molecule has 1 aliphatic rings. The molecule has 0 aliphatic carbocycles. The van der Waals surface area contributed by atoms with Crippen LogP contribution in [0.2, 0.25) is 0 Å². The highest BCUT2D eigenvalue weighted by atomic mass is 16.6. The highest BCUT2D eigenvalue weighted by molar-refractivity contribution is 5.77. The van der Waals surface area contributed by atoms with E-state index in [-0.39, 0.29) is 24.5 Å². The van der Waals surface area contributed by atoms with Gasteiger partial charge in [0.2, 0.25) is 0 Å². The summed E-state index contributed by atoms with van der Waals surface area (Å²) < 4.78 is 9.87. The lowest BCUT2D eigenvalue weighted by Crippen LogP contribution is -2.42. The topological polar surface area (TPSA) is 64.6 Å². The van der Waals surface area contributed by atoms with E-state index >= 15 is 0 Å². The van der Waals surface area contributed by atoms with Gasteiger partial charge in [-0.2, -0.15) is 0 Å². The normalized spacial score (nSPS) is 26.0. The van der Waals surface area contributed by atoms with E-state index < -0.39 is 11.7 Å². The molecule has 1 amide bonds. The lowest BCUT2D eigenvalue weighted by atomic mass is 10.1. The highest BCUT2D eigenvalue weighted by Gasteiger charge is 2.35. The number of esters is 1. The van der Waals surface area contributed by atoms with Gasteiger partial charge in [0.15, 0.2) is 0 Å². The van der Waals surface area contributed by atoms with Crippen LogP contribution in [0.3, 0.4) is 0 Å². The number of hydrogen-bond donors (Lipinski definition) is 1. The second-order valence-corrected chi connectivity index (χ2v) is 4.67. The third-order valence-corrected chi connectivity index (χ3v) is 2.08. The van der Waals surface area contributed by atoms with Crippen LogP contribution in [0.5, 0.6) is 0 Å². The summed E-state index contributed by atoms with van der Waals surface area (Å²) in [7, 11) is 0. The lowest BCUT2D eigenvalue weighted by molar-refractivity contribution is -0.140. The van der Waals surface area contributed by atoms with Gasteiger partial charge < -0.3 is 14.8 Å². The molecule has 5 heteroatoms. The van der Waals surface area contributed by atoms with Crippen molar-refractivity contribution in [3.8, 4) is 0 Å². The van der Waals surface area contributed by atoms with Crippen molar-refractivity contribution in [3.05, 3.63) is 0 Å². The van der Waals surface area contributed by atoms with Gasteiger partial charge in [-0.05, 0) is 27.7 Å². The molecule has 0 aromatic rings. The third-order valence-electron chi connectivity index (χ3n) is 2.08. The van der Waals surface area contributed by atoms with Crippen LogP contribution in [0, 0.1) is 5.92 Å². The van der Waals surface area contributed by atoms with E-state index in [2.05, 4.69) is 5.32 Å². The minimum Gasteiger partial charge on any atom is -0.463 e. The molecule has 5 nitrogen and oxygen atoms in total. The molecule has 0 aromatic carbocycles. The van der Waals surface area contributed by atoms with Crippen molar-refractivity contribution in [2.45, 2.75) is 39.3 Å². The molecule has 0 radical (unpaired) electrons. The first-order chi connectivity index (χ1) is 6.79. The first-order valence-electron chi connectivity index (χ1n) is 4.96. The summed E-state index contributed by atoms with van der Waals surface area (Å²) in [6, 6.07) is -0.285. The van der Waals surface area contributed by atoms with Crippen molar-refractivity contribution in [1.82, 2.24) is 5.32 Å². The Balaban J connectivity index is 2.42. The maximum Gasteiger partial charge on any atom is 0.408 e. The van der Waals surface area contributed by atoms with Gasteiger partial charge in [0.1, 0.15) is 12.2 Å². The molecule has 86 valence electrons. The molecule has 1 aliphatic heterocycles. The molecule has 0 unspecified atom stereocenters. The number of nitrogens with one attached hydrogen (secondary N) is 1. The van der Waals surface area contributed by atoms with Crippen LogP contribution in [-0.4, -0.2) is 30.3 Å². The van der Waals surface area contributed by atoms with Crippen LogP contribution in [0.15, 0.2) is 0 Å². The number of ether oxygens (including phenoxy) is 2. The van der Waals surface area contributed by atoms with E-state index in [4.69, 9.17) is 9.47 Å². The number of carbonyl (C=O) groups excluding carboxylic acids is 2. The van der Waals surface area contributed by atoms with E-state index in [9.17, 15) is 9.59 Å². The Labute approximate surface area is 89.1 Å². The van der Waals surface area contributed by atoms with Crippen LogP contribution in [0.1, 0.15) is 27.7 Å². The Morgan fingerprint density at radius 2 is 2.13 bits per heavy atom. The zero-order chi connectivity index (χ0) is 11.6. The summed E-state index contributed by atoms with van der Waals surface area (Å²) in [4.78, 5) is 22.4. The second kappa shape index (κ2) is 4.08. The second-order valence-electron chi connectivity index (χ2n) is 4.67. The molecular formula is C10H17NO4. The van der Waals surface area contributed by atoms with Crippen molar-refractivity contribution in [1.29, 1.82) is 0 Å². The largest absolute Gasteiger partial charge is 0.463 e. The molecular weight excluding hydrogens is 198 g/mol. The Morgan fingerprint density at radius 1 is 1.53 bits per heavy atom. The van der Waals surface area contributed by atoms with Crippen molar-refractivity contribution in [2.75, 3.05) is 6.61 Å². The van der Waals surface area contributed by atoms with Gasteiger partial charge in [-0.15, -0.1) is 0 Å². The predicted molar refractivity (Wildman–Crippen MR) is 53.3 cm³/mol. The zero-order valence-corrected chi connectivity index (χ0v) is 9.49. The molecule has 2 atom stereocenters. The van der Waals surface area contributed by atoms with E-state index in [1.54, 1.807) is 27.7 Å². The molecule has 0 aromatic heterocycles. The number of carbonyl (C=O) groups is 2. The third kappa shape index (κ3) is 3.42. The first-order valence-corrected chi connectivity index (χ1v) is 4.96. The number of rotatable bonds is 1. The summed E-state index contributed by atoms with van der Waals surface area (Å²) in [5.41, 5.74) is -0.531. The minimum atomic E-state index is -0.531. The fraction of sp³-hybridized carbons (Fsp3) is 0.800. The standard InChI is InChI=1S/C10H17NO4/c1-6-7(5-14-8(6)12)11-9(13)15-10(2,3)4/h6-7H,5H2,1-4H3,(H,11,13)/t6-,7-/m0/s1. The van der Waals surface area contributed by atoms with Gasteiger partial charge >= 0.3 is 12.1 Å². The molecule has 15 heavy (non-hydrogen) atoms. The molecule has 1 saturated heterocycles. The lowest BCUT2D eigenvalue weighted by Gasteiger charge is -2.21. The Hall–Kier alpha value is -1.26. The fourth-order valence-corrected chi connectivity index (χ4v) is 1.24. The van der Waals surface area contributed by atoms with Gasteiger partial charge in [0.25, 0.3) is 0 Å². The van der Waals surface area contributed by atoms with E-state index in [0.29, 0.717) is 0 Å². The summed E-state index contributed by atoms with van der Waals surface area (Å²) in [5.74, 6) is -0.589. The highest BCUT2D eigenvalue weighted by Crippen LogP contribution is 2.15. The van der Waals surface area contributed by atoms with E-state index in [1.165, 1.54) is 0 Å². The number of cyclic esters (lactones) is 1. The monoisotopic (exact) mass is 215 g/mol. The minimum absolute atomic E-state index is 0.221. The molecule has 0 saturated carbocycles. The van der Waals surface area contributed by atoms with E-state index in [1.807, 2.05) is 0 Å². The van der Waals surface area contributed by atoms with Gasteiger partial charge in [-0.25, -0.2) is 4.79 Å². The Kier molecular flexibility index (Phi) is 3.21. The van der Waals surface area contributed by atoms with E-state index in [0.717, 1.165) is 0 Å². The maximum atomic E-state index is 11.4. The van der Waals surface area contributed by atoms with Crippen molar-refractivity contribution in [3.63, 3.8) is 0 Å². The first kappa shape index (κ1) is 11.8. The van der Waals surface area contributed by atoms with Crippen LogP contribution in [0.25, 0.3) is 0 Å². The van der Waals surface area contributed by atoms with Crippen LogP contribution in [-0.2, 0) is 14.3 Å². The van der Waals surface area contributed by atoms with Crippen molar-refractivity contribution < 1.29 is 19.1 Å². The van der Waals surface area contributed by atoms with Gasteiger partial charge in [0, 0.05) is 0 Å². The summed E-state index contributed by atoms with van der Waals surface area (Å²) in [6.45, 7) is 7.29. The SMILES string of the molecule is C[C@@H]1C(=O)OC[C@@H]1NC(=O)OC(C)(C)C. The molecule has 1 N–H and O–H groups in total. The maximum absolute atomic E-state index is 11.4. The quantitative estimate of drug-likeness (QED) is 0.664. The van der Waals surface area contributed by atoms with Gasteiger partial charge in [-0.3, -0.25) is 4.79 Å². The number of hydrogen-bond acceptors (Lipinski definition) is 4. The average Bonchev–Trinajstić information content (AvgIpc) is 2.32. The summed E-state index contributed by atoms with van der Waals surface area (Å²) in [5, 5.41) is 2.61. The smallest absolute Gasteiger partial charge is 0.408 e. The Bertz CT molecular complexity index is 269. The molecule has 0 bridgehead atoms. The molecule has 1 rings (SSSR count). The van der Waals surface area contributed by atoms with Crippen molar-refractivity contribution in [2.24, 2.45) is 5.92 Å². The van der Waals surface area contributed by atoms with Gasteiger partial charge in [-0.1, -0.05) is 0 Å². The van der Waals surface area contributed by atoms with Crippen molar-refractivity contribution >= 4 is 12.1 Å². The average molecular weight is 215 g/mol. The number of alkyl carbamates (subject to hydrolysis) is 1. The summed E-state index contributed by atoms with van der Waals surface area (Å²) >= 11 is 0. The van der Waals surface area contributed by atoms with Crippen LogP contribution >= 0.6 is 0 Å². The predicted octanol–water partition coefficient (Wildman–Crippen LogP) is 1.07. The summed E-state index contributed by atoms with van der Waals surface area (Å²) in [6.07, 6.45) is -0.516. The molecule has 0 spiro atoms. The molecule has 1 fully saturated rings. The van der Waals surface area contributed by atoms with Crippen LogP contribution < -0.4 is 5.32 Å².